The third-order valence-electron chi connectivity index (χ3n) is 5.37. The van der Waals surface area contributed by atoms with Crippen molar-refractivity contribution in [2.45, 2.75) is 19.4 Å². The quantitative estimate of drug-likeness (QED) is 0.605. The van der Waals surface area contributed by atoms with Crippen molar-refractivity contribution in [2.75, 3.05) is 43.6 Å². The summed E-state index contributed by atoms with van der Waals surface area (Å²) in [5.41, 5.74) is 8.76. The minimum absolute atomic E-state index is 0. The number of fused-ring (bicyclic) bond motifs is 1. The number of nitrogens with two attached hydrogens (primary N) is 1. The summed E-state index contributed by atoms with van der Waals surface area (Å²) in [5, 5.41) is 8.60. The van der Waals surface area contributed by atoms with Gasteiger partial charge in [-0.1, -0.05) is 13.0 Å². The average Bonchev–Trinajstić information content (AvgIpc) is 3.17. The van der Waals surface area contributed by atoms with Gasteiger partial charge in [0.2, 0.25) is 5.91 Å². The number of morpholine rings is 1. The van der Waals surface area contributed by atoms with Crippen LogP contribution in [-0.2, 0) is 9.53 Å². The number of carbonyl (C=O) groups excluding carboxylic acids is 1. The highest BCUT2D eigenvalue weighted by molar-refractivity contribution is 6.07. The molecule has 4 rings (SSSR count). The van der Waals surface area contributed by atoms with Gasteiger partial charge in [0.15, 0.2) is 5.82 Å². The molecule has 1 aliphatic heterocycles. The van der Waals surface area contributed by atoms with Gasteiger partial charge in [0, 0.05) is 13.1 Å². The molecule has 0 radical (unpaired) electrons. The minimum atomic E-state index is -0.582. The predicted octanol–water partition coefficient (Wildman–Crippen LogP) is 2.97. The largest absolute Gasteiger partial charge is 0.497 e. The smallest absolute Gasteiger partial charge is 0.242 e. The molecule has 1 aromatic heterocycles. The van der Waals surface area contributed by atoms with E-state index in [4.69, 9.17) is 20.3 Å². The van der Waals surface area contributed by atoms with Gasteiger partial charge in [-0.05, 0) is 42.8 Å². The second-order valence-electron chi connectivity index (χ2n) is 7.23. The predicted molar refractivity (Wildman–Crippen MR) is 125 cm³/mol. The summed E-state index contributed by atoms with van der Waals surface area (Å²) in [5.74, 6) is 1.04. The van der Waals surface area contributed by atoms with Crippen molar-refractivity contribution in [3.05, 3.63) is 42.5 Å². The summed E-state index contributed by atoms with van der Waals surface area (Å²) < 4.78 is 12.6. The first-order valence-electron chi connectivity index (χ1n) is 10.2. The zero-order valence-corrected chi connectivity index (χ0v) is 18.5. The van der Waals surface area contributed by atoms with Crippen LogP contribution < -0.4 is 20.7 Å². The Kier molecular flexibility index (Phi) is 7.37. The van der Waals surface area contributed by atoms with Gasteiger partial charge in [-0.3, -0.25) is 4.79 Å². The van der Waals surface area contributed by atoms with Gasteiger partial charge in [0.25, 0.3) is 0 Å². The van der Waals surface area contributed by atoms with Gasteiger partial charge in [0.05, 0.1) is 48.6 Å². The molecule has 31 heavy (non-hydrogen) atoms. The second-order valence-corrected chi connectivity index (χ2v) is 7.23. The highest BCUT2D eigenvalue weighted by atomic mass is 35.5. The molecule has 1 fully saturated rings. The summed E-state index contributed by atoms with van der Waals surface area (Å²) in [6.07, 6.45) is 0.555. The Morgan fingerprint density at radius 2 is 1.94 bits per heavy atom. The molecule has 166 valence electrons. The summed E-state index contributed by atoms with van der Waals surface area (Å²) >= 11 is 0. The molecule has 0 spiro atoms. The Bertz CT molecular complexity index is 1030. The van der Waals surface area contributed by atoms with Gasteiger partial charge in [-0.25, -0.2) is 4.68 Å². The van der Waals surface area contributed by atoms with E-state index in [1.807, 2.05) is 48.0 Å². The average molecular weight is 446 g/mol. The van der Waals surface area contributed by atoms with Crippen molar-refractivity contribution in [1.82, 2.24) is 9.78 Å². The van der Waals surface area contributed by atoms with Gasteiger partial charge < -0.3 is 25.4 Å². The highest BCUT2D eigenvalue weighted by Gasteiger charge is 2.22. The number of hydrogen-bond donors (Lipinski definition) is 2. The van der Waals surface area contributed by atoms with Crippen molar-refractivity contribution < 1.29 is 14.3 Å². The number of ether oxygens (including phenoxy) is 2. The first-order valence-corrected chi connectivity index (χ1v) is 10.2. The van der Waals surface area contributed by atoms with E-state index in [9.17, 15) is 4.79 Å². The lowest BCUT2D eigenvalue weighted by Gasteiger charge is -2.29. The zero-order valence-electron chi connectivity index (χ0n) is 17.7. The van der Waals surface area contributed by atoms with Crippen LogP contribution in [0.1, 0.15) is 13.3 Å². The number of carbonyl (C=O) groups is 1. The van der Waals surface area contributed by atoms with Crippen LogP contribution in [0.25, 0.3) is 16.6 Å². The SMILES string of the molecule is CC[C@H](N)C(=O)Nc1nn(-c2ccc(OC)cc2)c2cccc(N3CCOCC3)c12.Cl. The molecule has 0 saturated carbocycles. The fraction of sp³-hybridized carbons (Fsp3) is 0.364. The topological polar surface area (TPSA) is 94.6 Å². The number of nitrogens with one attached hydrogen (secondary N) is 1. The van der Waals surface area contributed by atoms with Crippen molar-refractivity contribution >= 4 is 40.7 Å². The Morgan fingerprint density at radius 1 is 1.23 bits per heavy atom. The van der Waals surface area contributed by atoms with Crippen molar-refractivity contribution in [3.63, 3.8) is 0 Å². The molecule has 1 saturated heterocycles. The van der Waals surface area contributed by atoms with Crippen molar-refractivity contribution in [2.24, 2.45) is 5.73 Å². The molecular formula is C22H28ClN5O3. The molecule has 2 aromatic carbocycles. The van der Waals surface area contributed by atoms with Crippen LogP contribution in [0.3, 0.4) is 0 Å². The lowest BCUT2D eigenvalue weighted by molar-refractivity contribution is -0.117. The van der Waals surface area contributed by atoms with Gasteiger partial charge >= 0.3 is 0 Å². The fourth-order valence-electron chi connectivity index (χ4n) is 3.62. The molecule has 9 heteroatoms. The first kappa shape index (κ1) is 22.9. The number of anilines is 2. The Labute approximate surface area is 187 Å². The van der Waals surface area contributed by atoms with Crippen molar-refractivity contribution in [1.29, 1.82) is 0 Å². The summed E-state index contributed by atoms with van der Waals surface area (Å²) in [7, 11) is 1.64. The number of benzene rings is 2. The first-order chi connectivity index (χ1) is 14.6. The summed E-state index contributed by atoms with van der Waals surface area (Å²) in [6, 6.07) is 13.2. The summed E-state index contributed by atoms with van der Waals surface area (Å²) in [6.45, 7) is 4.80. The number of halogens is 1. The van der Waals surface area contributed by atoms with E-state index in [0.717, 1.165) is 41.1 Å². The molecule has 8 nitrogen and oxygen atoms in total. The summed E-state index contributed by atoms with van der Waals surface area (Å²) in [4.78, 5) is 14.8. The van der Waals surface area contributed by atoms with Crippen LogP contribution in [-0.4, -0.2) is 55.1 Å². The van der Waals surface area contributed by atoms with Crippen molar-refractivity contribution in [3.8, 4) is 11.4 Å². The van der Waals surface area contributed by atoms with E-state index >= 15 is 0 Å². The maximum absolute atomic E-state index is 12.6. The molecule has 0 unspecified atom stereocenters. The van der Waals surface area contributed by atoms with E-state index in [1.54, 1.807) is 7.11 Å². The molecule has 0 bridgehead atoms. The fourth-order valence-corrected chi connectivity index (χ4v) is 3.62. The van der Waals surface area contributed by atoms with Crippen LogP contribution in [0.15, 0.2) is 42.5 Å². The minimum Gasteiger partial charge on any atom is -0.497 e. The van der Waals surface area contributed by atoms with E-state index in [-0.39, 0.29) is 18.3 Å². The van der Waals surface area contributed by atoms with Crippen LogP contribution >= 0.6 is 12.4 Å². The van der Waals surface area contributed by atoms with Gasteiger partial charge in [-0.15, -0.1) is 17.5 Å². The van der Waals surface area contributed by atoms with Crippen LogP contribution in [0, 0.1) is 0 Å². The Balaban J connectivity index is 0.00000272. The maximum Gasteiger partial charge on any atom is 0.242 e. The lowest BCUT2D eigenvalue weighted by atomic mass is 10.1. The van der Waals surface area contributed by atoms with E-state index in [2.05, 4.69) is 16.3 Å². The standard InChI is InChI=1S/C22H27N5O3.ClH/c1-3-17(23)22(28)24-21-20-18(26-11-13-30-14-12-26)5-4-6-19(20)27(25-21)15-7-9-16(29-2)10-8-15;/h4-10,17H,3,11-14,23H2,1-2H3,(H,24,25,28);1H/t17-;/m0./s1. The molecule has 0 aliphatic carbocycles. The molecule has 1 amide bonds. The zero-order chi connectivity index (χ0) is 21.1. The lowest BCUT2D eigenvalue weighted by Crippen LogP contribution is -2.36. The molecule has 1 aliphatic rings. The maximum atomic E-state index is 12.6. The number of nitrogens with zero attached hydrogens (tertiary/aromatic N) is 3. The number of aromatic nitrogens is 2. The monoisotopic (exact) mass is 445 g/mol. The Morgan fingerprint density at radius 3 is 2.58 bits per heavy atom. The van der Waals surface area contributed by atoms with E-state index < -0.39 is 6.04 Å². The molecule has 3 N–H and O–H groups in total. The molecule has 1 atom stereocenters. The highest BCUT2D eigenvalue weighted by Crippen LogP contribution is 2.35. The van der Waals surface area contributed by atoms with Gasteiger partial charge in [-0.2, -0.15) is 0 Å². The third kappa shape index (κ3) is 4.61. The molecule has 2 heterocycles. The van der Waals surface area contributed by atoms with E-state index in [1.165, 1.54) is 0 Å². The Hall–Kier alpha value is -2.81. The number of amides is 1. The van der Waals surface area contributed by atoms with Crippen LogP contribution in [0.5, 0.6) is 5.75 Å². The molecule has 3 aromatic rings. The van der Waals surface area contributed by atoms with Crippen LogP contribution in [0.4, 0.5) is 11.5 Å². The van der Waals surface area contributed by atoms with E-state index in [0.29, 0.717) is 25.5 Å². The van der Waals surface area contributed by atoms with Crippen LogP contribution in [0.2, 0.25) is 0 Å². The normalized spacial score (nSPS) is 14.7. The van der Waals surface area contributed by atoms with Gasteiger partial charge in [0.1, 0.15) is 5.75 Å². The third-order valence-corrected chi connectivity index (χ3v) is 5.37. The number of rotatable bonds is 6. The second kappa shape index (κ2) is 10.00. The number of methoxy groups -OCH3 is 1. The number of hydrogen-bond acceptors (Lipinski definition) is 6. The molecular weight excluding hydrogens is 418 g/mol.